The van der Waals surface area contributed by atoms with Crippen molar-refractivity contribution in [2.45, 2.75) is 65.3 Å². The smallest absolute Gasteiger partial charge is 0.341 e. The van der Waals surface area contributed by atoms with E-state index < -0.39 is 0 Å². The van der Waals surface area contributed by atoms with Crippen molar-refractivity contribution in [2.24, 2.45) is 5.92 Å². The van der Waals surface area contributed by atoms with Gasteiger partial charge in [-0.3, -0.25) is 4.90 Å². The molecule has 2 N–H and O–H groups in total. The van der Waals surface area contributed by atoms with Crippen LogP contribution < -0.4 is 10.5 Å². The lowest BCUT2D eigenvalue weighted by molar-refractivity contribution is 0.0207. The van der Waals surface area contributed by atoms with Gasteiger partial charge in [0.15, 0.2) is 0 Å². The quantitative estimate of drug-likeness (QED) is 0.370. The first kappa shape index (κ1) is 21.5. The molecule has 5 nitrogen and oxygen atoms in total. The van der Waals surface area contributed by atoms with Gasteiger partial charge in [-0.2, -0.15) is 0 Å². The first-order valence-corrected chi connectivity index (χ1v) is 10.5. The van der Waals surface area contributed by atoms with Crippen LogP contribution in [0, 0.1) is 5.92 Å². The molecule has 5 heteroatoms. The number of ether oxygens (including phenoxy) is 2. The number of unbranched alkanes of at least 4 members (excludes halogenated alkanes) is 1. The standard InChI is InChI=1S/C22H36N2O3/c1-4-6-14-26-21-15-18(23)10-11-19(21)22(25)27-16-20(17(3)5-2)24-12-8-7-9-13-24/h10-11,15,17,20H,4-9,12-14,16,23H2,1-3H3. The van der Waals surface area contributed by atoms with Crippen LogP contribution in [-0.4, -0.2) is 43.2 Å². The van der Waals surface area contributed by atoms with Crippen molar-refractivity contribution < 1.29 is 14.3 Å². The number of esters is 1. The highest BCUT2D eigenvalue weighted by atomic mass is 16.5. The van der Waals surface area contributed by atoms with E-state index in [1.54, 1.807) is 18.2 Å². The summed E-state index contributed by atoms with van der Waals surface area (Å²) in [5.41, 5.74) is 6.92. The zero-order valence-corrected chi connectivity index (χ0v) is 17.2. The van der Waals surface area contributed by atoms with Crippen molar-refractivity contribution in [3.8, 4) is 5.75 Å². The summed E-state index contributed by atoms with van der Waals surface area (Å²) >= 11 is 0. The first-order valence-electron chi connectivity index (χ1n) is 10.5. The zero-order valence-electron chi connectivity index (χ0n) is 17.2. The van der Waals surface area contributed by atoms with Gasteiger partial charge >= 0.3 is 5.97 Å². The summed E-state index contributed by atoms with van der Waals surface area (Å²) < 4.78 is 11.5. The Morgan fingerprint density at radius 3 is 2.63 bits per heavy atom. The van der Waals surface area contributed by atoms with Crippen LogP contribution in [0.5, 0.6) is 5.75 Å². The van der Waals surface area contributed by atoms with Gasteiger partial charge in [0.1, 0.15) is 17.9 Å². The molecule has 2 unspecified atom stereocenters. The van der Waals surface area contributed by atoms with E-state index in [0.717, 1.165) is 32.4 Å². The third-order valence-electron chi connectivity index (χ3n) is 5.53. The summed E-state index contributed by atoms with van der Waals surface area (Å²) in [6.07, 6.45) is 6.81. The lowest BCUT2D eigenvalue weighted by Gasteiger charge is -2.37. The summed E-state index contributed by atoms with van der Waals surface area (Å²) in [4.78, 5) is 15.2. The fraction of sp³-hybridized carbons (Fsp3) is 0.682. The molecule has 1 aromatic carbocycles. The molecule has 0 bridgehead atoms. The normalized spacial score (nSPS) is 17.3. The van der Waals surface area contributed by atoms with Gasteiger partial charge in [-0.1, -0.05) is 40.0 Å². The molecule has 1 aromatic rings. The zero-order chi connectivity index (χ0) is 19.6. The molecule has 1 heterocycles. The first-order chi connectivity index (χ1) is 13.1. The Balaban J connectivity index is 2.03. The van der Waals surface area contributed by atoms with Crippen LogP contribution in [0.15, 0.2) is 18.2 Å². The van der Waals surface area contributed by atoms with Crippen LogP contribution in [0.25, 0.3) is 0 Å². The summed E-state index contributed by atoms with van der Waals surface area (Å²) in [5, 5.41) is 0. The van der Waals surface area contributed by atoms with E-state index in [2.05, 4.69) is 25.7 Å². The molecule has 0 amide bonds. The van der Waals surface area contributed by atoms with Gasteiger partial charge in [0.05, 0.1) is 6.61 Å². The van der Waals surface area contributed by atoms with Gasteiger partial charge in [0, 0.05) is 17.8 Å². The summed E-state index contributed by atoms with van der Waals surface area (Å²) in [6, 6.07) is 5.42. The number of hydrogen-bond acceptors (Lipinski definition) is 5. The summed E-state index contributed by atoms with van der Waals surface area (Å²) in [7, 11) is 0. The Kier molecular flexibility index (Phi) is 8.92. The highest BCUT2D eigenvalue weighted by Crippen LogP contribution is 2.25. The molecule has 0 aliphatic carbocycles. The fourth-order valence-electron chi connectivity index (χ4n) is 3.54. The second kappa shape index (κ2) is 11.2. The number of rotatable bonds is 10. The van der Waals surface area contributed by atoms with Crippen molar-refractivity contribution >= 4 is 11.7 Å². The van der Waals surface area contributed by atoms with Crippen LogP contribution in [0.4, 0.5) is 5.69 Å². The number of carbonyl (C=O) groups excluding carboxylic acids is 1. The highest BCUT2D eigenvalue weighted by molar-refractivity contribution is 5.93. The summed E-state index contributed by atoms with van der Waals surface area (Å²) in [6.45, 7) is 9.74. The van der Waals surface area contributed by atoms with E-state index >= 15 is 0 Å². The SMILES string of the molecule is CCCCOc1cc(N)ccc1C(=O)OCC(C(C)CC)N1CCCCC1. The number of likely N-dealkylation sites (tertiary alicyclic amines) is 1. The minimum Gasteiger partial charge on any atom is -0.493 e. The van der Waals surface area contributed by atoms with Crippen molar-refractivity contribution in [1.29, 1.82) is 0 Å². The average molecular weight is 377 g/mol. The molecule has 152 valence electrons. The minimum atomic E-state index is -0.327. The molecule has 2 rings (SSSR count). The summed E-state index contributed by atoms with van der Waals surface area (Å²) in [5.74, 6) is 0.681. The molecule has 0 saturated carbocycles. The maximum absolute atomic E-state index is 12.7. The van der Waals surface area contributed by atoms with Gasteiger partial charge < -0.3 is 15.2 Å². The van der Waals surface area contributed by atoms with E-state index in [9.17, 15) is 4.79 Å². The average Bonchev–Trinajstić information content (AvgIpc) is 2.69. The predicted octanol–water partition coefficient (Wildman–Crippen LogP) is 4.51. The van der Waals surface area contributed by atoms with Crippen molar-refractivity contribution in [1.82, 2.24) is 4.90 Å². The largest absolute Gasteiger partial charge is 0.493 e. The van der Waals surface area contributed by atoms with Crippen LogP contribution in [0.3, 0.4) is 0 Å². The molecule has 1 saturated heterocycles. The van der Waals surface area contributed by atoms with E-state index in [4.69, 9.17) is 15.2 Å². The highest BCUT2D eigenvalue weighted by Gasteiger charge is 2.27. The Labute approximate surface area is 164 Å². The maximum Gasteiger partial charge on any atom is 0.341 e. The molecular formula is C22H36N2O3. The number of nitrogens with two attached hydrogens (primary N) is 1. The van der Waals surface area contributed by atoms with Crippen molar-refractivity contribution in [3.05, 3.63) is 23.8 Å². The Morgan fingerprint density at radius 1 is 1.22 bits per heavy atom. The number of piperidine rings is 1. The minimum absolute atomic E-state index is 0.275. The van der Waals surface area contributed by atoms with Crippen molar-refractivity contribution in [3.63, 3.8) is 0 Å². The van der Waals surface area contributed by atoms with E-state index in [1.165, 1.54) is 19.3 Å². The number of hydrogen-bond donors (Lipinski definition) is 1. The van der Waals surface area contributed by atoms with E-state index in [-0.39, 0.29) is 12.0 Å². The number of nitrogens with zero attached hydrogens (tertiary/aromatic N) is 1. The number of anilines is 1. The molecule has 2 atom stereocenters. The molecule has 0 radical (unpaired) electrons. The molecular weight excluding hydrogens is 340 g/mol. The molecule has 27 heavy (non-hydrogen) atoms. The number of benzene rings is 1. The molecule has 0 aromatic heterocycles. The van der Waals surface area contributed by atoms with Gasteiger partial charge in [-0.25, -0.2) is 4.79 Å². The molecule has 0 spiro atoms. The predicted molar refractivity (Wildman–Crippen MR) is 110 cm³/mol. The Bertz CT molecular complexity index is 585. The number of carbonyl (C=O) groups is 1. The molecule has 1 fully saturated rings. The van der Waals surface area contributed by atoms with Gasteiger partial charge in [0.25, 0.3) is 0 Å². The second-order valence-corrected chi connectivity index (χ2v) is 7.61. The van der Waals surface area contributed by atoms with E-state index in [1.807, 2.05) is 0 Å². The topological polar surface area (TPSA) is 64.8 Å². The lowest BCUT2D eigenvalue weighted by atomic mass is 9.96. The van der Waals surface area contributed by atoms with Crippen LogP contribution >= 0.6 is 0 Å². The van der Waals surface area contributed by atoms with Gasteiger partial charge in [-0.05, 0) is 50.4 Å². The number of nitrogen functional groups attached to an aromatic ring is 1. The van der Waals surface area contributed by atoms with Crippen molar-refractivity contribution in [2.75, 3.05) is 32.0 Å². The molecule has 1 aliphatic heterocycles. The van der Waals surface area contributed by atoms with Gasteiger partial charge in [-0.15, -0.1) is 0 Å². The van der Waals surface area contributed by atoms with Crippen LogP contribution in [0.1, 0.15) is 69.7 Å². The maximum atomic E-state index is 12.7. The van der Waals surface area contributed by atoms with Crippen LogP contribution in [0.2, 0.25) is 0 Å². The monoisotopic (exact) mass is 376 g/mol. The lowest BCUT2D eigenvalue weighted by Crippen LogP contribution is -2.46. The third-order valence-corrected chi connectivity index (χ3v) is 5.53. The van der Waals surface area contributed by atoms with Gasteiger partial charge in [0.2, 0.25) is 0 Å². The molecule has 1 aliphatic rings. The Morgan fingerprint density at radius 2 is 1.96 bits per heavy atom. The van der Waals surface area contributed by atoms with Crippen LogP contribution in [-0.2, 0) is 4.74 Å². The fourth-order valence-corrected chi connectivity index (χ4v) is 3.54. The third kappa shape index (κ3) is 6.42. The Hall–Kier alpha value is -1.75. The second-order valence-electron chi connectivity index (χ2n) is 7.61. The van der Waals surface area contributed by atoms with E-state index in [0.29, 0.717) is 36.1 Å².